The molecule has 2 N–H and O–H groups in total. The molecular formula is C20H24F3NO4S. The molecule has 9 heteroatoms. The summed E-state index contributed by atoms with van der Waals surface area (Å²) >= 11 is 0. The predicted molar refractivity (Wildman–Crippen MR) is 104 cm³/mol. The molecule has 1 aliphatic carbocycles. The number of alkyl halides is 3. The van der Waals surface area contributed by atoms with E-state index in [9.17, 15) is 26.4 Å². The first kappa shape index (κ1) is 23.0. The van der Waals surface area contributed by atoms with Crippen molar-refractivity contribution in [2.45, 2.75) is 44.7 Å². The van der Waals surface area contributed by atoms with Crippen molar-refractivity contribution in [3.05, 3.63) is 59.3 Å². The Morgan fingerprint density at radius 2 is 2.07 bits per heavy atom. The van der Waals surface area contributed by atoms with Gasteiger partial charge >= 0.3 is 12.1 Å². The number of aryl methyl sites for hydroxylation is 1. The third-order valence-electron chi connectivity index (χ3n) is 4.51. The number of carbonyl (C=O) groups is 1. The molecule has 0 saturated heterocycles. The average Bonchev–Trinajstić information content (AvgIpc) is 3.05. The number of aliphatic carboxylic acids is 1. The summed E-state index contributed by atoms with van der Waals surface area (Å²) in [7, 11) is -3.66. The summed E-state index contributed by atoms with van der Waals surface area (Å²) in [6, 6.07) is 4.67. The Morgan fingerprint density at radius 1 is 1.31 bits per heavy atom. The van der Waals surface area contributed by atoms with Gasteiger partial charge in [0.05, 0.1) is 11.3 Å². The second kappa shape index (κ2) is 9.96. The highest BCUT2D eigenvalue weighted by molar-refractivity contribution is 7.89. The summed E-state index contributed by atoms with van der Waals surface area (Å²) in [5.41, 5.74) is 0.0962. The van der Waals surface area contributed by atoms with E-state index >= 15 is 0 Å². The van der Waals surface area contributed by atoms with Gasteiger partial charge in [-0.25, -0.2) is 8.42 Å². The number of allylic oxidation sites excluding steroid dienone is 4. The molecule has 0 spiro atoms. The van der Waals surface area contributed by atoms with Gasteiger partial charge in [-0.05, 0) is 49.7 Å². The highest BCUT2D eigenvalue weighted by atomic mass is 32.2. The second-order valence-electron chi connectivity index (χ2n) is 6.98. The first-order valence-electron chi connectivity index (χ1n) is 9.31. The van der Waals surface area contributed by atoms with Crippen LogP contribution in [0.4, 0.5) is 13.2 Å². The number of unbranched alkanes of at least 4 members (excludes halogenated alkanes) is 1. The number of sulfonamides is 1. The van der Waals surface area contributed by atoms with E-state index in [0.717, 1.165) is 18.6 Å². The summed E-state index contributed by atoms with van der Waals surface area (Å²) in [5, 5.41) is 8.58. The predicted octanol–water partition coefficient (Wildman–Crippen LogP) is 4.27. The first-order valence-corrected chi connectivity index (χ1v) is 11.0. The van der Waals surface area contributed by atoms with Crippen LogP contribution in [0.15, 0.2) is 48.2 Å². The Morgan fingerprint density at radius 3 is 2.76 bits per heavy atom. The number of hydrogen-bond donors (Lipinski definition) is 2. The molecule has 5 nitrogen and oxygen atoms in total. The van der Waals surface area contributed by atoms with Crippen LogP contribution in [0.5, 0.6) is 0 Å². The summed E-state index contributed by atoms with van der Waals surface area (Å²) in [4.78, 5) is 10.5. The second-order valence-corrected chi connectivity index (χ2v) is 8.82. The summed E-state index contributed by atoms with van der Waals surface area (Å²) in [5.74, 6) is -1.05. The Hall–Kier alpha value is -2.29. The highest BCUT2D eigenvalue weighted by Crippen LogP contribution is 2.29. The Labute approximate surface area is 168 Å². The zero-order chi connectivity index (χ0) is 21.5. The number of benzene rings is 1. The van der Waals surface area contributed by atoms with Gasteiger partial charge < -0.3 is 5.11 Å². The standard InChI is InChI=1S/C20H24F3NO4S/c21-20(22,23)17-7-4-6-16(13-17)11-12-29(27,28)24-18-10-9-15(14-18)5-2-1-3-8-19(25)26/h2,4-7,13-15,24H,1,3,8-12H2,(H,25,26). The lowest BCUT2D eigenvalue weighted by Gasteiger charge is -2.10. The molecule has 1 atom stereocenters. The van der Waals surface area contributed by atoms with E-state index in [0.29, 0.717) is 30.5 Å². The maximum Gasteiger partial charge on any atom is 0.416 e. The quantitative estimate of drug-likeness (QED) is 0.428. The van der Waals surface area contributed by atoms with Crippen LogP contribution in [0.1, 0.15) is 43.2 Å². The molecular weight excluding hydrogens is 407 g/mol. The fraction of sp³-hybridized carbons (Fsp3) is 0.450. The fourth-order valence-electron chi connectivity index (χ4n) is 3.03. The van der Waals surface area contributed by atoms with Gasteiger partial charge in [0.2, 0.25) is 10.0 Å². The van der Waals surface area contributed by atoms with Crippen LogP contribution < -0.4 is 4.72 Å². The number of hydrogen-bond acceptors (Lipinski definition) is 3. The van der Waals surface area contributed by atoms with Crippen molar-refractivity contribution in [2.24, 2.45) is 5.92 Å². The van der Waals surface area contributed by atoms with Crippen LogP contribution >= 0.6 is 0 Å². The maximum atomic E-state index is 12.7. The molecule has 0 amide bonds. The number of carboxylic acid groups (broad SMARTS) is 1. The van der Waals surface area contributed by atoms with E-state index in [-0.39, 0.29) is 24.5 Å². The maximum absolute atomic E-state index is 12.7. The lowest BCUT2D eigenvalue weighted by molar-refractivity contribution is -0.138. The fourth-order valence-corrected chi connectivity index (χ4v) is 4.21. The molecule has 1 aromatic rings. The van der Waals surface area contributed by atoms with Gasteiger partial charge in [-0.2, -0.15) is 13.2 Å². The lowest BCUT2D eigenvalue weighted by Crippen LogP contribution is -2.26. The van der Waals surface area contributed by atoms with Gasteiger partial charge in [-0.3, -0.25) is 9.52 Å². The van der Waals surface area contributed by atoms with Crippen LogP contribution in [-0.4, -0.2) is 25.2 Å². The van der Waals surface area contributed by atoms with Gasteiger partial charge in [-0.15, -0.1) is 0 Å². The van der Waals surface area contributed by atoms with E-state index in [1.165, 1.54) is 12.1 Å². The van der Waals surface area contributed by atoms with E-state index in [4.69, 9.17) is 5.11 Å². The van der Waals surface area contributed by atoms with Gasteiger partial charge in [0.1, 0.15) is 0 Å². The molecule has 1 aliphatic rings. The number of rotatable bonds is 10. The molecule has 0 saturated carbocycles. The van der Waals surface area contributed by atoms with Crippen molar-refractivity contribution >= 4 is 16.0 Å². The van der Waals surface area contributed by atoms with E-state index in [2.05, 4.69) is 4.72 Å². The van der Waals surface area contributed by atoms with Gasteiger partial charge in [0.15, 0.2) is 0 Å². The third-order valence-corrected chi connectivity index (χ3v) is 5.82. The minimum Gasteiger partial charge on any atom is -0.481 e. The smallest absolute Gasteiger partial charge is 0.416 e. The number of halogens is 3. The van der Waals surface area contributed by atoms with Gasteiger partial charge in [0, 0.05) is 12.1 Å². The largest absolute Gasteiger partial charge is 0.481 e. The SMILES string of the molecule is O=C(O)CCCC=CC1C=C(NS(=O)(=O)CCc2cccc(C(F)(F)F)c2)CC1. The van der Waals surface area contributed by atoms with Crippen molar-refractivity contribution in [2.75, 3.05) is 5.75 Å². The summed E-state index contributed by atoms with van der Waals surface area (Å²) in [6.45, 7) is 0. The van der Waals surface area contributed by atoms with Gasteiger partial charge in [0.25, 0.3) is 0 Å². The monoisotopic (exact) mass is 431 g/mol. The van der Waals surface area contributed by atoms with Crippen molar-refractivity contribution in [3.8, 4) is 0 Å². The van der Waals surface area contributed by atoms with Crippen molar-refractivity contribution < 1.29 is 31.5 Å². The minimum atomic E-state index is -4.46. The number of nitrogens with one attached hydrogen (secondary N) is 1. The first-order chi connectivity index (χ1) is 13.5. The minimum absolute atomic E-state index is 0.0144. The van der Waals surface area contributed by atoms with Crippen LogP contribution in [0.3, 0.4) is 0 Å². The van der Waals surface area contributed by atoms with Crippen LogP contribution in [0, 0.1) is 5.92 Å². The molecule has 0 aromatic heterocycles. The summed E-state index contributed by atoms with van der Waals surface area (Å²) < 4.78 is 65.3. The van der Waals surface area contributed by atoms with Crippen LogP contribution in [-0.2, 0) is 27.4 Å². The number of carboxylic acids is 1. The van der Waals surface area contributed by atoms with Gasteiger partial charge in [-0.1, -0.05) is 36.4 Å². The normalized spacial score (nSPS) is 17.5. The van der Waals surface area contributed by atoms with E-state index in [1.807, 2.05) is 18.2 Å². The van der Waals surface area contributed by atoms with Crippen LogP contribution in [0.2, 0.25) is 0 Å². The third kappa shape index (κ3) is 8.31. The van der Waals surface area contributed by atoms with Crippen molar-refractivity contribution in [1.29, 1.82) is 0 Å². The summed E-state index contributed by atoms with van der Waals surface area (Å²) in [6.07, 6.45) is 3.80. The molecule has 0 heterocycles. The van der Waals surface area contributed by atoms with Crippen molar-refractivity contribution in [3.63, 3.8) is 0 Å². The van der Waals surface area contributed by atoms with E-state index < -0.39 is 27.7 Å². The molecule has 29 heavy (non-hydrogen) atoms. The molecule has 1 aromatic carbocycles. The molecule has 0 aliphatic heterocycles. The Balaban J connectivity index is 1.85. The Bertz CT molecular complexity index is 876. The molecule has 160 valence electrons. The van der Waals surface area contributed by atoms with Crippen LogP contribution in [0.25, 0.3) is 0 Å². The van der Waals surface area contributed by atoms with Crippen molar-refractivity contribution in [1.82, 2.24) is 4.72 Å². The Kier molecular flexibility index (Phi) is 7.89. The lowest BCUT2D eigenvalue weighted by atomic mass is 10.1. The molecule has 0 radical (unpaired) electrons. The zero-order valence-corrected chi connectivity index (χ0v) is 16.6. The molecule has 1 unspecified atom stereocenters. The topological polar surface area (TPSA) is 83.5 Å². The molecule has 0 fully saturated rings. The zero-order valence-electron chi connectivity index (χ0n) is 15.8. The average molecular weight is 431 g/mol. The molecule has 0 bridgehead atoms. The molecule has 2 rings (SSSR count). The highest BCUT2D eigenvalue weighted by Gasteiger charge is 2.30. The van der Waals surface area contributed by atoms with E-state index in [1.54, 1.807) is 0 Å².